The summed E-state index contributed by atoms with van der Waals surface area (Å²) in [4.78, 5) is 28.3. The molecule has 0 aromatic carbocycles. The summed E-state index contributed by atoms with van der Waals surface area (Å²) >= 11 is 1.54. The molecule has 0 fully saturated rings. The standard InChI is InChI=1S/C17H14N6O2S/c1-10-15(26-16(19-10)11-4-3-6-18-9-11)12-5-7-23(22-12)17-20-13(24)8-14(21-17)25-2/h3-9H,1-2H3,(H,20,21,24). The van der Waals surface area contributed by atoms with E-state index in [2.05, 4.69) is 25.0 Å². The minimum Gasteiger partial charge on any atom is -0.481 e. The van der Waals surface area contributed by atoms with Gasteiger partial charge < -0.3 is 4.74 Å². The van der Waals surface area contributed by atoms with Crippen LogP contribution in [0.25, 0.3) is 27.1 Å². The van der Waals surface area contributed by atoms with Gasteiger partial charge in [0.15, 0.2) is 0 Å². The van der Waals surface area contributed by atoms with Crippen molar-refractivity contribution in [1.29, 1.82) is 0 Å². The number of aromatic nitrogens is 6. The predicted octanol–water partition coefficient (Wildman–Crippen LogP) is 2.46. The highest BCUT2D eigenvalue weighted by atomic mass is 32.1. The van der Waals surface area contributed by atoms with Crippen LogP contribution in [0.4, 0.5) is 0 Å². The fourth-order valence-electron chi connectivity index (χ4n) is 2.45. The number of nitrogens with one attached hydrogen (secondary N) is 1. The molecule has 8 nitrogen and oxygen atoms in total. The van der Waals surface area contributed by atoms with Crippen molar-refractivity contribution < 1.29 is 4.74 Å². The van der Waals surface area contributed by atoms with E-state index in [0.29, 0.717) is 0 Å². The van der Waals surface area contributed by atoms with Gasteiger partial charge in [-0.25, -0.2) is 9.67 Å². The molecule has 0 amide bonds. The molecule has 4 aromatic rings. The number of methoxy groups -OCH3 is 1. The first-order valence-corrected chi connectivity index (χ1v) is 8.55. The van der Waals surface area contributed by atoms with Crippen LogP contribution in [0.15, 0.2) is 47.7 Å². The zero-order valence-corrected chi connectivity index (χ0v) is 14.8. The van der Waals surface area contributed by atoms with Crippen molar-refractivity contribution >= 4 is 11.3 Å². The van der Waals surface area contributed by atoms with E-state index in [1.54, 1.807) is 29.9 Å². The quantitative estimate of drug-likeness (QED) is 0.596. The van der Waals surface area contributed by atoms with Crippen molar-refractivity contribution in [2.45, 2.75) is 6.92 Å². The second-order valence-electron chi connectivity index (χ2n) is 5.43. The molecule has 0 atom stereocenters. The zero-order valence-electron chi connectivity index (χ0n) is 14.0. The Kier molecular flexibility index (Phi) is 4.05. The molecule has 1 N–H and O–H groups in total. The molecular formula is C17H14N6O2S. The number of pyridine rings is 1. The first-order chi connectivity index (χ1) is 12.6. The molecule has 9 heteroatoms. The summed E-state index contributed by atoms with van der Waals surface area (Å²) < 4.78 is 6.54. The Morgan fingerprint density at radius 3 is 2.92 bits per heavy atom. The van der Waals surface area contributed by atoms with E-state index in [1.165, 1.54) is 17.9 Å². The topological polar surface area (TPSA) is 98.6 Å². The van der Waals surface area contributed by atoms with Crippen LogP contribution < -0.4 is 10.3 Å². The van der Waals surface area contributed by atoms with E-state index in [9.17, 15) is 4.79 Å². The summed E-state index contributed by atoms with van der Waals surface area (Å²) in [6.07, 6.45) is 5.25. The van der Waals surface area contributed by atoms with Crippen LogP contribution in [0.2, 0.25) is 0 Å². The van der Waals surface area contributed by atoms with Gasteiger partial charge in [0.05, 0.1) is 23.7 Å². The number of nitrogens with zero attached hydrogens (tertiary/aromatic N) is 5. The lowest BCUT2D eigenvalue weighted by Crippen LogP contribution is -2.13. The Labute approximate surface area is 152 Å². The molecule has 0 radical (unpaired) electrons. The van der Waals surface area contributed by atoms with Crippen molar-refractivity contribution in [2.24, 2.45) is 0 Å². The van der Waals surface area contributed by atoms with Crippen LogP contribution in [0.1, 0.15) is 5.69 Å². The number of ether oxygens (including phenoxy) is 1. The largest absolute Gasteiger partial charge is 0.481 e. The Morgan fingerprint density at radius 2 is 2.15 bits per heavy atom. The van der Waals surface area contributed by atoms with Crippen LogP contribution >= 0.6 is 11.3 Å². The highest BCUT2D eigenvalue weighted by Gasteiger charge is 2.15. The van der Waals surface area contributed by atoms with Crippen molar-refractivity contribution in [3.05, 3.63) is 58.9 Å². The summed E-state index contributed by atoms with van der Waals surface area (Å²) in [5, 5.41) is 5.40. The second kappa shape index (κ2) is 6.52. The fraction of sp³-hybridized carbons (Fsp3) is 0.118. The molecule has 26 heavy (non-hydrogen) atoms. The monoisotopic (exact) mass is 366 g/mol. The lowest BCUT2D eigenvalue weighted by atomic mass is 10.3. The lowest BCUT2D eigenvalue weighted by Gasteiger charge is -2.02. The number of thiazole rings is 1. The van der Waals surface area contributed by atoms with Crippen molar-refractivity contribution in [3.8, 4) is 33.0 Å². The van der Waals surface area contributed by atoms with Gasteiger partial charge in [-0.1, -0.05) is 0 Å². The lowest BCUT2D eigenvalue weighted by molar-refractivity contribution is 0.395. The predicted molar refractivity (Wildman–Crippen MR) is 97.6 cm³/mol. The molecule has 4 heterocycles. The molecule has 4 rings (SSSR count). The number of rotatable bonds is 4. The van der Waals surface area contributed by atoms with Crippen LogP contribution in [-0.4, -0.2) is 36.8 Å². The maximum absolute atomic E-state index is 11.7. The summed E-state index contributed by atoms with van der Waals surface area (Å²) in [6.45, 7) is 1.94. The first-order valence-electron chi connectivity index (χ1n) is 7.73. The van der Waals surface area contributed by atoms with Crippen LogP contribution in [0.3, 0.4) is 0 Å². The number of H-pyrrole nitrogens is 1. The van der Waals surface area contributed by atoms with E-state index >= 15 is 0 Å². The average Bonchev–Trinajstić information content (AvgIpc) is 3.28. The van der Waals surface area contributed by atoms with E-state index < -0.39 is 0 Å². The Hall–Kier alpha value is -3.33. The molecule has 0 aliphatic carbocycles. The molecule has 0 aliphatic rings. The molecule has 0 saturated heterocycles. The average molecular weight is 366 g/mol. The molecule has 4 aromatic heterocycles. The summed E-state index contributed by atoms with van der Waals surface area (Å²) in [6, 6.07) is 6.98. The third kappa shape index (κ3) is 3.00. The third-order valence-electron chi connectivity index (χ3n) is 3.66. The SMILES string of the molecule is COc1cc(=O)[nH]c(-n2ccc(-c3sc(-c4cccnc4)nc3C)n2)n1. The van der Waals surface area contributed by atoms with E-state index in [-0.39, 0.29) is 17.4 Å². The summed E-state index contributed by atoms with van der Waals surface area (Å²) in [7, 11) is 1.46. The maximum Gasteiger partial charge on any atom is 0.256 e. The van der Waals surface area contributed by atoms with Gasteiger partial charge in [-0.3, -0.25) is 14.8 Å². The third-order valence-corrected chi connectivity index (χ3v) is 4.89. The molecule has 0 bridgehead atoms. The number of aromatic amines is 1. The van der Waals surface area contributed by atoms with Crippen LogP contribution in [0.5, 0.6) is 5.88 Å². The molecular weight excluding hydrogens is 352 g/mol. The zero-order chi connectivity index (χ0) is 18.1. The maximum atomic E-state index is 11.7. The van der Waals surface area contributed by atoms with Gasteiger partial charge in [0.25, 0.3) is 5.56 Å². The number of hydrogen-bond donors (Lipinski definition) is 1. The Morgan fingerprint density at radius 1 is 1.27 bits per heavy atom. The molecule has 0 unspecified atom stereocenters. The summed E-state index contributed by atoms with van der Waals surface area (Å²) in [5.74, 6) is 0.517. The Bertz CT molecular complexity index is 1120. The van der Waals surface area contributed by atoms with Gasteiger partial charge in [-0.05, 0) is 25.1 Å². The minimum atomic E-state index is -0.309. The molecule has 0 spiro atoms. The van der Waals surface area contributed by atoms with Gasteiger partial charge in [-0.2, -0.15) is 10.1 Å². The van der Waals surface area contributed by atoms with Crippen LogP contribution in [-0.2, 0) is 0 Å². The normalized spacial score (nSPS) is 10.8. The van der Waals surface area contributed by atoms with Crippen molar-refractivity contribution in [3.63, 3.8) is 0 Å². The van der Waals surface area contributed by atoms with Crippen molar-refractivity contribution in [1.82, 2.24) is 29.7 Å². The highest BCUT2D eigenvalue weighted by Crippen LogP contribution is 2.34. The number of hydrogen-bond acceptors (Lipinski definition) is 7. The minimum absolute atomic E-state index is 0.230. The van der Waals surface area contributed by atoms with Gasteiger partial charge in [0, 0.05) is 24.2 Å². The van der Waals surface area contributed by atoms with E-state index in [4.69, 9.17) is 4.74 Å². The fourth-order valence-corrected chi connectivity index (χ4v) is 3.47. The molecule has 0 saturated carbocycles. The van der Waals surface area contributed by atoms with Gasteiger partial charge in [-0.15, -0.1) is 11.3 Å². The van der Waals surface area contributed by atoms with Crippen molar-refractivity contribution in [2.75, 3.05) is 7.11 Å². The van der Waals surface area contributed by atoms with E-state index in [1.807, 2.05) is 25.1 Å². The molecule has 130 valence electrons. The Balaban J connectivity index is 1.72. The van der Waals surface area contributed by atoms with Crippen LogP contribution in [0, 0.1) is 6.92 Å². The summed E-state index contributed by atoms with van der Waals surface area (Å²) in [5.41, 5.74) is 2.29. The van der Waals surface area contributed by atoms with E-state index in [0.717, 1.165) is 26.8 Å². The first kappa shape index (κ1) is 16.2. The highest BCUT2D eigenvalue weighted by molar-refractivity contribution is 7.18. The van der Waals surface area contributed by atoms with Gasteiger partial charge in [0.2, 0.25) is 11.8 Å². The van der Waals surface area contributed by atoms with Gasteiger partial charge in [0.1, 0.15) is 10.7 Å². The number of aryl methyl sites for hydroxylation is 1. The second-order valence-corrected chi connectivity index (χ2v) is 6.43. The smallest absolute Gasteiger partial charge is 0.256 e. The molecule has 0 aliphatic heterocycles. The van der Waals surface area contributed by atoms with Gasteiger partial charge >= 0.3 is 0 Å².